The molecule has 4 heteroatoms. The maximum atomic E-state index is 12.3. The van der Waals surface area contributed by atoms with Gasteiger partial charge in [0.2, 0.25) is 0 Å². The zero-order chi connectivity index (χ0) is 17.6. The molecule has 4 nitrogen and oxygen atoms in total. The highest BCUT2D eigenvalue weighted by atomic mass is 16.5. The summed E-state index contributed by atoms with van der Waals surface area (Å²) >= 11 is 0. The van der Waals surface area contributed by atoms with E-state index in [0.717, 1.165) is 18.4 Å². The minimum Gasteiger partial charge on any atom is -0.465 e. The number of nitriles is 1. The number of carbonyl (C=O) groups is 1. The van der Waals surface area contributed by atoms with Crippen LogP contribution in [0.1, 0.15) is 39.2 Å². The van der Waals surface area contributed by atoms with Crippen molar-refractivity contribution < 1.29 is 14.3 Å². The third kappa shape index (κ3) is 4.82. The van der Waals surface area contributed by atoms with Gasteiger partial charge in [0.1, 0.15) is 5.92 Å². The topological polar surface area (TPSA) is 59.3 Å². The second kappa shape index (κ2) is 8.30. The third-order valence-corrected chi connectivity index (χ3v) is 4.76. The SMILES string of the molecule is CCOC(=O)[C@@H](C#N)[C@H](Cc1ccccc1)[C@@H]1CCOC(C)(C)C1. The molecule has 1 aromatic rings. The third-order valence-electron chi connectivity index (χ3n) is 4.76. The first-order valence-electron chi connectivity index (χ1n) is 8.71. The van der Waals surface area contributed by atoms with E-state index >= 15 is 0 Å². The van der Waals surface area contributed by atoms with Gasteiger partial charge in [0, 0.05) is 6.61 Å². The average molecular weight is 329 g/mol. The van der Waals surface area contributed by atoms with Crippen LogP contribution in [0, 0.1) is 29.1 Å². The molecule has 0 spiro atoms. The van der Waals surface area contributed by atoms with Crippen LogP contribution in [-0.4, -0.2) is 24.8 Å². The van der Waals surface area contributed by atoms with Crippen LogP contribution in [0.5, 0.6) is 0 Å². The molecule has 130 valence electrons. The van der Waals surface area contributed by atoms with Crippen molar-refractivity contribution in [1.82, 2.24) is 0 Å². The van der Waals surface area contributed by atoms with Gasteiger partial charge in [0.15, 0.2) is 0 Å². The summed E-state index contributed by atoms with van der Waals surface area (Å²) in [6.45, 7) is 6.89. The Bertz CT molecular complexity index is 576. The van der Waals surface area contributed by atoms with E-state index in [1.807, 2.05) is 18.2 Å². The van der Waals surface area contributed by atoms with Gasteiger partial charge in [-0.3, -0.25) is 4.79 Å². The lowest BCUT2D eigenvalue weighted by atomic mass is 9.71. The fourth-order valence-electron chi connectivity index (χ4n) is 3.64. The van der Waals surface area contributed by atoms with Gasteiger partial charge in [-0.25, -0.2) is 0 Å². The minimum absolute atomic E-state index is 0.0559. The number of hydrogen-bond donors (Lipinski definition) is 0. The maximum absolute atomic E-state index is 12.3. The summed E-state index contributed by atoms with van der Waals surface area (Å²) < 4.78 is 11.0. The molecular weight excluding hydrogens is 302 g/mol. The van der Waals surface area contributed by atoms with Gasteiger partial charge in [-0.2, -0.15) is 5.26 Å². The second-order valence-electron chi connectivity index (χ2n) is 7.07. The summed E-state index contributed by atoms with van der Waals surface area (Å²) in [6, 6.07) is 12.3. The Morgan fingerprint density at radius 1 is 1.42 bits per heavy atom. The van der Waals surface area contributed by atoms with Crippen LogP contribution in [-0.2, 0) is 20.7 Å². The number of hydrogen-bond acceptors (Lipinski definition) is 4. The largest absolute Gasteiger partial charge is 0.465 e. The van der Waals surface area contributed by atoms with Crippen molar-refractivity contribution in [3.8, 4) is 6.07 Å². The van der Waals surface area contributed by atoms with Crippen LogP contribution in [0.25, 0.3) is 0 Å². The number of benzene rings is 1. The van der Waals surface area contributed by atoms with Crippen LogP contribution >= 0.6 is 0 Å². The summed E-state index contributed by atoms with van der Waals surface area (Å²) in [5.74, 6) is -0.920. The zero-order valence-electron chi connectivity index (χ0n) is 14.8. The molecule has 1 heterocycles. The smallest absolute Gasteiger partial charge is 0.323 e. The van der Waals surface area contributed by atoms with E-state index in [4.69, 9.17) is 9.47 Å². The normalized spacial score (nSPS) is 22.2. The molecule has 1 aliphatic heterocycles. The van der Waals surface area contributed by atoms with Crippen molar-refractivity contribution in [2.45, 2.75) is 45.6 Å². The van der Waals surface area contributed by atoms with Crippen molar-refractivity contribution >= 4 is 5.97 Å². The molecule has 24 heavy (non-hydrogen) atoms. The first kappa shape index (κ1) is 18.5. The molecule has 0 saturated carbocycles. The fraction of sp³-hybridized carbons (Fsp3) is 0.600. The van der Waals surface area contributed by atoms with E-state index in [1.54, 1.807) is 6.92 Å². The number of esters is 1. The molecule has 0 aliphatic carbocycles. The van der Waals surface area contributed by atoms with Crippen LogP contribution in [0.4, 0.5) is 0 Å². The van der Waals surface area contributed by atoms with E-state index in [1.165, 1.54) is 0 Å². The Morgan fingerprint density at radius 3 is 2.71 bits per heavy atom. The molecule has 2 rings (SSSR count). The highest BCUT2D eigenvalue weighted by molar-refractivity contribution is 5.75. The molecular formula is C20H27NO3. The number of nitrogens with zero attached hydrogens (tertiary/aromatic N) is 1. The van der Waals surface area contributed by atoms with Crippen LogP contribution in [0.3, 0.4) is 0 Å². The van der Waals surface area contributed by atoms with E-state index in [2.05, 4.69) is 32.0 Å². The van der Waals surface area contributed by atoms with Gasteiger partial charge in [0.25, 0.3) is 0 Å². The summed E-state index contributed by atoms with van der Waals surface area (Å²) in [5.41, 5.74) is 0.934. The fourth-order valence-corrected chi connectivity index (χ4v) is 3.64. The summed E-state index contributed by atoms with van der Waals surface area (Å²) in [5, 5.41) is 9.65. The van der Waals surface area contributed by atoms with Crippen molar-refractivity contribution in [3.05, 3.63) is 35.9 Å². The van der Waals surface area contributed by atoms with Crippen molar-refractivity contribution in [2.75, 3.05) is 13.2 Å². The van der Waals surface area contributed by atoms with E-state index < -0.39 is 11.9 Å². The maximum Gasteiger partial charge on any atom is 0.323 e. The monoisotopic (exact) mass is 329 g/mol. The van der Waals surface area contributed by atoms with Gasteiger partial charge in [0.05, 0.1) is 18.3 Å². The molecule has 0 unspecified atom stereocenters. The van der Waals surface area contributed by atoms with Gasteiger partial charge >= 0.3 is 5.97 Å². The molecule has 0 N–H and O–H groups in total. The predicted molar refractivity (Wildman–Crippen MR) is 92.1 cm³/mol. The summed E-state index contributed by atoms with van der Waals surface area (Å²) in [7, 11) is 0. The van der Waals surface area contributed by atoms with Crippen molar-refractivity contribution in [1.29, 1.82) is 5.26 Å². The Labute approximate surface area is 144 Å². The number of rotatable bonds is 6. The lowest BCUT2D eigenvalue weighted by Gasteiger charge is -2.40. The first-order chi connectivity index (χ1) is 11.5. The Balaban J connectivity index is 2.26. The van der Waals surface area contributed by atoms with Gasteiger partial charge in [-0.05, 0) is 57.4 Å². The molecule has 0 aromatic heterocycles. The van der Waals surface area contributed by atoms with Crippen LogP contribution in [0.15, 0.2) is 30.3 Å². The molecule has 3 atom stereocenters. The average Bonchev–Trinajstić information content (AvgIpc) is 2.55. The van der Waals surface area contributed by atoms with Gasteiger partial charge < -0.3 is 9.47 Å². The molecule has 0 bridgehead atoms. The Hall–Kier alpha value is -1.86. The Morgan fingerprint density at radius 2 is 2.12 bits per heavy atom. The molecule has 1 aromatic carbocycles. The standard InChI is InChI=1S/C20H27NO3/c1-4-23-19(22)18(14-21)17(12-15-8-6-5-7-9-15)16-10-11-24-20(2,3)13-16/h5-9,16-18H,4,10-13H2,1-3H3/t16-,17-,18+/m1/s1. The van der Waals surface area contributed by atoms with Crippen LogP contribution in [0.2, 0.25) is 0 Å². The quantitative estimate of drug-likeness (QED) is 0.746. The lowest BCUT2D eigenvalue weighted by Crippen LogP contribution is -2.41. The molecule has 0 radical (unpaired) electrons. The molecule has 1 fully saturated rings. The highest BCUT2D eigenvalue weighted by Crippen LogP contribution is 2.38. The number of carbonyl (C=O) groups excluding carboxylic acids is 1. The first-order valence-corrected chi connectivity index (χ1v) is 8.71. The zero-order valence-corrected chi connectivity index (χ0v) is 14.8. The van der Waals surface area contributed by atoms with E-state index in [0.29, 0.717) is 19.6 Å². The van der Waals surface area contributed by atoms with E-state index in [9.17, 15) is 10.1 Å². The molecule has 0 amide bonds. The van der Waals surface area contributed by atoms with Crippen LogP contribution < -0.4 is 0 Å². The molecule has 1 saturated heterocycles. The lowest BCUT2D eigenvalue weighted by molar-refractivity contribution is -0.150. The minimum atomic E-state index is -0.732. The Kier molecular flexibility index (Phi) is 6.39. The predicted octanol–water partition coefficient (Wildman–Crippen LogP) is 3.75. The van der Waals surface area contributed by atoms with Crippen molar-refractivity contribution in [2.24, 2.45) is 17.8 Å². The van der Waals surface area contributed by atoms with Gasteiger partial charge in [-0.15, -0.1) is 0 Å². The molecule has 1 aliphatic rings. The summed E-state index contributed by atoms with van der Waals surface area (Å²) in [4.78, 5) is 12.3. The van der Waals surface area contributed by atoms with E-state index in [-0.39, 0.29) is 17.4 Å². The summed E-state index contributed by atoms with van der Waals surface area (Å²) in [6.07, 6.45) is 2.43. The van der Waals surface area contributed by atoms with Crippen molar-refractivity contribution in [3.63, 3.8) is 0 Å². The van der Waals surface area contributed by atoms with Gasteiger partial charge in [-0.1, -0.05) is 30.3 Å². The second-order valence-corrected chi connectivity index (χ2v) is 7.07. The highest BCUT2D eigenvalue weighted by Gasteiger charge is 2.40. The number of ether oxygens (including phenoxy) is 2.